The minimum Gasteiger partial charge on any atom is -0.378 e. The molecule has 0 spiro atoms. The van der Waals surface area contributed by atoms with Crippen LogP contribution < -0.4 is 5.32 Å². The van der Waals surface area contributed by atoms with E-state index in [2.05, 4.69) is 15.5 Å². The van der Waals surface area contributed by atoms with Gasteiger partial charge in [-0.2, -0.15) is 10.2 Å². The zero-order valence-corrected chi connectivity index (χ0v) is 13.7. The maximum atomic E-state index is 12.2. The highest BCUT2D eigenvalue weighted by molar-refractivity contribution is 6.04. The maximum Gasteiger partial charge on any atom is 0.259 e. The fourth-order valence-electron chi connectivity index (χ4n) is 2.49. The van der Waals surface area contributed by atoms with E-state index in [-0.39, 0.29) is 18.4 Å². The molecule has 0 aliphatic carbocycles. The van der Waals surface area contributed by atoms with Crippen molar-refractivity contribution in [2.75, 3.05) is 31.6 Å². The van der Waals surface area contributed by atoms with Crippen molar-refractivity contribution in [3.8, 4) is 0 Å². The zero-order valence-electron chi connectivity index (χ0n) is 13.7. The van der Waals surface area contributed by atoms with Crippen LogP contribution in [-0.4, -0.2) is 62.6 Å². The van der Waals surface area contributed by atoms with Crippen molar-refractivity contribution in [1.29, 1.82) is 0 Å². The number of morpholine rings is 1. The Morgan fingerprint density at radius 1 is 1.25 bits per heavy atom. The molecule has 0 radical (unpaired) electrons. The predicted molar refractivity (Wildman–Crippen MR) is 85.5 cm³/mol. The van der Waals surface area contributed by atoms with Gasteiger partial charge < -0.3 is 15.0 Å². The zero-order chi connectivity index (χ0) is 17.1. The van der Waals surface area contributed by atoms with Gasteiger partial charge in [-0.3, -0.25) is 19.0 Å². The van der Waals surface area contributed by atoms with Crippen LogP contribution in [0.2, 0.25) is 0 Å². The minimum absolute atomic E-state index is 0.0117. The van der Waals surface area contributed by atoms with E-state index >= 15 is 0 Å². The molecular weight excluding hydrogens is 312 g/mol. The van der Waals surface area contributed by atoms with E-state index in [4.69, 9.17) is 4.74 Å². The van der Waals surface area contributed by atoms with Crippen molar-refractivity contribution in [3.05, 3.63) is 29.8 Å². The summed E-state index contributed by atoms with van der Waals surface area (Å²) in [6.45, 7) is 4.30. The number of hydrogen-bond donors (Lipinski definition) is 1. The van der Waals surface area contributed by atoms with Crippen LogP contribution in [-0.2, 0) is 23.1 Å². The SMILES string of the molecule is Cc1c(C(=O)Nc2cnn(CC(=O)N3CCOCC3)c2)cnn1C. The second-order valence-corrected chi connectivity index (χ2v) is 5.64. The lowest BCUT2D eigenvalue weighted by Crippen LogP contribution is -2.42. The van der Waals surface area contributed by atoms with Crippen LogP contribution in [0.15, 0.2) is 18.6 Å². The smallest absolute Gasteiger partial charge is 0.259 e. The number of hydrogen-bond acceptors (Lipinski definition) is 5. The number of anilines is 1. The molecule has 3 rings (SSSR count). The van der Waals surface area contributed by atoms with E-state index in [1.165, 1.54) is 17.1 Å². The molecule has 2 aromatic heterocycles. The van der Waals surface area contributed by atoms with Crippen LogP contribution in [0, 0.1) is 6.92 Å². The van der Waals surface area contributed by atoms with Gasteiger partial charge >= 0.3 is 0 Å². The molecule has 1 aliphatic heterocycles. The van der Waals surface area contributed by atoms with Gasteiger partial charge in [-0.15, -0.1) is 0 Å². The highest BCUT2D eigenvalue weighted by Crippen LogP contribution is 2.11. The Kier molecular flexibility index (Phi) is 4.61. The number of carbonyl (C=O) groups excluding carboxylic acids is 2. The Morgan fingerprint density at radius 3 is 2.67 bits per heavy atom. The second-order valence-electron chi connectivity index (χ2n) is 5.64. The summed E-state index contributed by atoms with van der Waals surface area (Å²) >= 11 is 0. The van der Waals surface area contributed by atoms with Gasteiger partial charge in [-0.1, -0.05) is 0 Å². The maximum absolute atomic E-state index is 12.2. The van der Waals surface area contributed by atoms with Crippen molar-refractivity contribution in [2.45, 2.75) is 13.5 Å². The number of rotatable bonds is 4. The summed E-state index contributed by atoms with van der Waals surface area (Å²) in [5.74, 6) is -0.262. The van der Waals surface area contributed by atoms with E-state index in [0.29, 0.717) is 37.6 Å². The summed E-state index contributed by atoms with van der Waals surface area (Å²) in [7, 11) is 1.78. The van der Waals surface area contributed by atoms with E-state index < -0.39 is 0 Å². The third kappa shape index (κ3) is 3.46. The summed E-state index contributed by atoms with van der Waals surface area (Å²) in [5.41, 5.74) is 1.83. The van der Waals surface area contributed by atoms with Crippen LogP contribution in [0.25, 0.3) is 0 Å². The Labute approximate surface area is 139 Å². The van der Waals surface area contributed by atoms with Gasteiger partial charge in [0.25, 0.3) is 5.91 Å². The highest BCUT2D eigenvalue weighted by atomic mass is 16.5. The summed E-state index contributed by atoms with van der Waals surface area (Å²) in [6.07, 6.45) is 4.69. The summed E-state index contributed by atoms with van der Waals surface area (Å²) < 4.78 is 8.39. The lowest BCUT2D eigenvalue weighted by atomic mass is 10.2. The summed E-state index contributed by atoms with van der Waals surface area (Å²) in [6, 6.07) is 0. The Hall–Kier alpha value is -2.68. The molecule has 0 saturated carbocycles. The van der Waals surface area contributed by atoms with Crippen molar-refractivity contribution in [1.82, 2.24) is 24.5 Å². The Morgan fingerprint density at radius 2 is 2.00 bits per heavy atom. The minimum atomic E-state index is -0.250. The second kappa shape index (κ2) is 6.83. The predicted octanol–water partition coefficient (Wildman–Crippen LogP) is 0.0361. The first kappa shape index (κ1) is 16.2. The molecular formula is C15H20N6O3. The highest BCUT2D eigenvalue weighted by Gasteiger charge is 2.18. The molecule has 0 bridgehead atoms. The van der Waals surface area contributed by atoms with Gasteiger partial charge in [-0.05, 0) is 6.92 Å². The molecule has 2 aromatic rings. The fourth-order valence-corrected chi connectivity index (χ4v) is 2.49. The molecule has 9 nitrogen and oxygen atoms in total. The van der Waals surface area contributed by atoms with E-state index in [9.17, 15) is 9.59 Å². The van der Waals surface area contributed by atoms with Gasteiger partial charge in [0.2, 0.25) is 5.91 Å². The van der Waals surface area contributed by atoms with Crippen molar-refractivity contribution < 1.29 is 14.3 Å². The van der Waals surface area contributed by atoms with Gasteiger partial charge in [0.1, 0.15) is 6.54 Å². The molecule has 3 heterocycles. The monoisotopic (exact) mass is 332 g/mol. The normalized spacial score (nSPS) is 14.7. The van der Waals surface area contributed by atoms with Crippen LogP contribution in [0.3, 0.4) is 0 Å². The van der Waals surface area contributed by atoms with Gasteiger partial charge in [-0.25, -0.2) is 0 Å². The molecule has 1 aliphatic rings. The molecule has 128 valence electrons. The molecule has 0 unspecified atom stereocenters. The van der Waals surface area contributed by atoms with Crippen molar-refractivity contribution in [2.24, 2.45) is 7.05 Å². The first-order chi connectivity index (χ1) is 11.5. The van der Waals surface area contributed by atoms with E-state index in [1.807, 2.05) is 6.92 Å². The third-order valence-corrected chi connectivity index (χ3v) is 4.03. The largest absolute Gasteiger partial charge is 0.378 e. The average Bonchev–Trinajstić information content (AvgIpc) is 3.15. The number of amides is 2. The van der Waals surface area contributed by atoms with Gasteiger partial charge in [0.05, 0.1) is 36.9 Å². The number of ether oxygens (including phenoxy) is 1. The van der Waals surface area contributed by atoms with Crippen LogP contribution in [0.4, 0.5) is 5.69 Å². The molecule has 2 amide bonds. The molecule has 1 N–H and O–H groups in total. The number of nitrogens with one attached hydrogen (secondary N) is 1. The average molecular weight is 332 g/mol. The van der Waals surface area contributed by atoms with Crippen molar-refractivity contribution >= 4 is 17.5 Å². The molecule has 9 heteroatoms. The van der Waals surface area contributed by atoms with Gasteiger partial charge in [0, 0.05) is 32.0 Å². The molecule has 1 fully saturated rings. The Balaban J connectivity index is 1.60. The number of aryl methyl sites for hydroxylation is 1. The van der Waals surface area contributed by atoms with Crippen LogP contribution >= 0.6 is 0 Å². The van der Waals surface area contributed by atoms with Crippen molar-refractivity contribution in [3.63, 3.8) is 0 Å². The van der Waals surface area contributed by atoms with Gasteiger partial charge in [0.15, 0.2) is 0 Å². The summed E-state index contributed by atoms with van der Waals surface area (Å²) in [4.78, 5) is 26.2. The first-order valence-electron chi connectivity index (χ1n) is 7.72. The first-order valence-corrected chi connectivity index (χ1v) is 7.72. The lowest BCUT2D eigenvalue weighted by molar-refractivity contribution is -0.136. The third-order valence-electron chi connectivity index (χ3n) is 4.03. The number of aromatic nitrogens is 4. The molecule has 24 heavy (non-hydrogen) atoms. The fraction of sp³-hybridized carbons (Fsp3) is 0.467. The van der Waals surface area contributed by atoms with Crippen LogP contribution in [0.1, 0.15) is 16.1 Å². The molecule has 1 saturated heterocycles. The summed E-state index contributed by atoms with van der Waals surface area (Å²) in [5, 5.41) is 10.9. The number of nitrogens with zero attached hydrogens (tertiary/aromatic N) is 5. The quantitative estimate of drug-likeness (QED) is 0.853. The number of carbonyl (C=O) groups is 2. The Bertz CT molecular complexity index is 744. The van der Waals surface area contributed by atoms with Crippen LogP contribution in [0.5, 0.6) is 0 Å². The standard InChI is InChI=1S/C15H20N6O3/c1-11-13(8-16-19(11)2)15(23)18-12-7-17-21(9-12)10-14(22)20-3-5-24-6-4-20/h7-9H,3-6,10H2,1-2H3,(H,18,23). The van der Waals surface area contributed by atoms with E-state index in [0.717, 1.165) is 5.69 Å². The molecule has 0 aromatic carbocycles. The molecule has 0 atom stereocenters. The van der Waals surface area contributed by atoms with E-state index in [1.54, 1.807) is 22.8 Å². The topological polar surface area (TPSA) is 94.3 Å². The lowest BCUT2D eigenvalue weighted by Gasteiger charge is -2.26.